The van der Waals surface area contributed by atoms with E-state index in [2.05, 4.69) is 5.32 Å². The summed E-state index contributed by atoms with van der Waals surface area (Å²) in [5, 5.41) is 2.87. The number of carbonyl (C=O) groups excluding carboxylic acids is 1. The van der Waals surface area contributed by atoms with Crippen molar-refractivity contribution in [3.05, 3.63) is 54.1 Å². The Morgan fingerprint density at radius 1 is 1.07 bits per heavy atom. The van der Waals surface area contributed by atoms with Crippen molar-refractivity contribution in [1.82, 2.24) is 4.31 Å². The third kappa shape index (κ3) is 6.06. The van der Waals surface area contributed by atoms with Gasteiger partial charge < -0.3 is 10.1 Å². The molecule has 1 aliphatic heterocycles. The van der Waals surface area contributed by atoms with Gasteiger partial charge in [-0.3, -0.25) is 4.79 Å². The highest BCUT2D eigenvalue weighted by atomic mass is 32.2. The Kier molecular flexibility index (Phi) is 7.50. The van der Waals surface area contributed by atoms with Crippen LogP contribution in [0, 0.1) is 0 Å². The van der Waals surface area contributed by atoms with Crippen molar-refractivity contribution in [3.63, 3.8) is 0 Å². The molecule has 1 aliphatic rings. The molecule has 2 aromatic rings. The van der Waals surface area contributed by atoms with Gasteiger partial charge in [0, 0.05) is 25.2 Å². The van der Waals surface area contributed by atoms with Crippen molar-refractivity contribution in [1.29, 1.82) is 0 Å². The number of ether oxygens (including phenoxy) is 1. The molecule has 1 saturated heterocycles. The summed E-state index contributed by atoms with van der Waals surface area (Å²) in [6.45, 7) is 5.08. The van der Waals surface area contributed by atoms with E-state index in [9.17, 15) is 13.2 Å². The molecule has 0 spiro atoms. The number of nitrogens with zero attached hydrogens (tertiary/aromatic N) is 1. The molecule has 0 bridgehead atoms. The van der Waals surface area contributed by atoms with Crippen LogP contribution in [0.3, 0.4) is 0 Å². The van der Waals surface area contributed by atoms with E-state index in [-0.39, 0.29) is 18.4 Å². The molecule has 7 heteroatoms. The highest BCUT2D eigenvalue weighted by Gasteiger charge is 2.25. The van der Waals surface area contributed by atoms with Gasteiger partial charge in [-0.2, -0.15) is 4.31 Å². The number of rotatable bonds is 8. The highest BCUT2D eigenvalue weighted by molar-refractivity contribution is 7.89. The first-order valence-electron chi connectivity index (χ1n) is 10.5. The summed E-state index contributed by atoms with van der Waals surface area (Å²) in [6, 6.07) is 14.2. The largest absolute Gasteiger partial charge is 0.491 e. The molecule has 0 unspecified atom stereocenters. The Morgan fingerprint density at radius 3 is 2.43 bits per heavy atom. The number of piperidine rings is 1. The Bertz CT molecular complexity index is 949. The fourth-order valence-corrected chi connectivity index (χ4v) is 5.07. The van der Waals surface area contributed by atoms with Gasteiger partial charge in [-0.1, -0.05) is 18.6 Å². The van der Waals surface area contributed by atoms with Crippen molar-refractivity contribution >= 4 is 21.6 Å². The minimum atomic E-state index is -3.46. The van der Waals surface area contributed by atoms with Crippen LogP contribution in [0.1, 0.15) is 45.1 Å². The molecule has 2 aromatic carbocycles. The lowest BCUT2D eigenvalue weighted by Gasteiger charge is -2.26. The molecule has 6 nitrogen and oxygen atoms in total. The van der Waals surface area contributed by atoms with Crippen LogP contribution >= 0.6 is 0 Å². The lowest BCUT2D eigenvalue weighted by atomic mass is 10.1. The number of hydrogen-bond donors (Lipinski definition) is 1. The Morgan fingerprint density at radius 2 is 1.77 bits per heavy atom. The van der Waals surface area contributed by atoms with Gasteiger partial charge >= 0.3 is 0 Å². The first-order chi connectivity index (χ1) is 14.3. The molecule has 1 fully saturated rings. The molecular weight excluding hydrogens is 400 g/mol. The van der Waals surface area contributed by atoms with Crippen LogP contribution in [0.4, 0.5) is 5.69 Å². The molecule has 1 amide bonds. The molecule has 1 N–H and O–H groups in total. The average Bonchev–Trinajstić information content (AvgIpc) is 2.74. The van der Waals surface area contributed by atoms with Crippen LogP contribution < -0.4 is 10.1 Å². The van der Waals surface area contributed by atoms with Gasteiger partial charge in [-0.25, -0.2) is 8.42 Å². The average molecular weight is 431 g/mol. The molecule has 3 rings (SSSR count). The number of sulfonamides is 1. The zero-order chi connectivity index (χ0) is 21.6. The monoisotopic (exact) mass is 430 g/mol. The fraction of sp³-hybridized carbons (Fsp3) is 0.435. The van der Waals surface area contributed by atoms with E-state index in [0.717, 1.165) is 30.6 Å². The normalized spacial score (nSPS) is 15.2. The molecule has 1 heterocycles. The van der Waals surface area contributed by atoms with Crippen molar-refractivity contribution < 1.29 is 17.9 Å². The maximum atomic E-state index is 12.8. The van der Waals surface area contributed by atoms with Gasteiger partial charge in [0.1, 0.15) is 5.75 Å². The summed E-state index contributed by atoms with van der Waals surface area (Å²) in [6.07, 6.45) is 3.74. The van der Waals surface area contributed by atoms with Crippen molar-refractivity contribution in [2.75, 3.05) is 18.4 Å². The number of nitrogens with one attached hydrogen (secondary N) is 1. The highest BCUT2D eigenvalue weighted by Crippen LogP contribution is 2.22. The van der Waals surface area contributed by atoms with Gasteiger partial charge in [0.2, 0.25) is 15.9 Å². The Balaban J connectivity index is 1.56. The van der Waals surface area contributed by atoms with E-state index in [4.69, 9.17) is 4.74 Å². The van der Waals surface area contributed by atoms with Gasteiger partial charge in [0.25, 0.3) is 0 Å². The number of benzene rings is 2. The summed E-state index contributed by atoms with van der Waals surface area (Å²) in [5.74, 6) is 0.645. The van der Waals surface area contributed by atoms with Crippen molar-refractivity contribution in [2.45, 2.75) is 57.0 Å². The number of hydrogen-bond acceptors (Lipinski definition) is 4. The van der Waals surface area contributed by atoms with E-state index in [1.54, 1.807) is 34.6 Å². The molecule has 0 aromatic heterocycles. The van der Waals surface area contributed by atoms with Crippen LogP contribution in [0.15, 0.2) is 53.4 Å². The van der Waals surface area contributed by atoms with Gasteiger partial charge in [-0.05, 0) is 75.1 Å². The second kappa shape index (κ2) is 10.1. The molecule has 0 atom stereocenters. The topological polar surface area (TPSA) is 75.7 Å². The minimum Gasteiger partial charge on any atom is -0.491 e. The predicted molar refractivity (Wildman–Crippen MR) is 118 cm³/mol. The summed E-state index contributed by atoms with van der Waals surface area (Å²) in [4.78, 5) is 12.6. The third-order valence-electron chi connectivity index (χ3n) is 5.00. The van der Waals surface area contributed by atoms with Crippen LogP contribution in [0.5, 0.6) is 5.75 Å². The van der Waals surface area contributed by atoms with Crippen LogP contribution in [0.25, 0.3) is 0 Å². The maximum absolute atomic E-state index is 12.8. The zero-order valence-corrected chi connectivity index (χ0v) is 18.5. The number of amides is 1. The smallest absolute Gasteiger partial charge is 0.243 e. The van der Waals surface area contributed by atoms with Crippen LogP contribution in [0.2, 0.25) is 0 Å². The van der Waals surface area contributed by atoms with Crippen molar-refractivity contribution in [2.24, 2.45) is 0 Å². The second-order valence-corrected chi connectivity index (χ2v) is 9.79. The Hall–Kier alpha value is -2.38. The summed E-state index contributed by atoms with van der Waals surface area (Å²) in [5.41, 5.74) is 1.54. The molecule has 0 aliphatic carbocycles. The molecule has 0 radical (unpaired) electrons. The number of aryl methyl sites for hydroxylation is 1. The Labute approximate surface area is 179 Å². The summed E-state index contributed by atoms with van der Waals surface area (Å²) in [7, 11) is -3.46. The minimum absolute atomic E-state index is 0.0972. The van der Waals surface area contributed by atoms with Gasteiger partial charge in [0.15, 0.2) is 0 Å². The van der Waals surface area contributed by atoms with E-state index >= 15 is 0 Å². The van der Waals surface area contributed by atoms with E-state index in [1.165, 1.54) is 0 Å². The summed E-state index contributed by atoms with van der Waals surface area (Å²) >= 11 is 0. The lowest BCUT2D eigenvalue weighted by molar-refractivity contribution is -0.116. The van der Waals surface area contributed by atoms with Crippen LogP contribution in [-0.2, 0) is 21.2 Å². The van der Waals surface area contributed by atoms with Gasteiger partial charge in [0.05, 0.1) is 11.0 Å². The summed E-state index contributed by atoms with van der Waals surface area (Å²) < 4.78 is 32.9. The first kappa shape index (κ1) is 22.3. The number of carbonyl (C=O) groups is 1. The SMILES string of the molecule is CC(C)Oc1ccc(NC(=O)CCc2cccc(S(=O)(=O)N3CCCCC3)c2)cc1. The standard InChI is InChI=1S/C23H30N2O4S/c1-18(2)29-21-12-10-20(11-13-21)24-23(26)14-9-19-7-6-8-22(17-19)30(27,28)25-15-4-3-5-16-25/h6-8,10-13,17-18H,3-5,9,14-16H2,1-2H3,(H,24,26). The van der Waals surface area contributed by atoms with E-state index in [0.29, 0.717) is 30.1 Å². The molecular formula is C23H30N2O4S. The zero-order valence-electron chi connectivity index (χ0n) is 17.6. The molecule has 0 saturated carbocycles. The molecule has 30 heavy (non-hydrogen) atoms. The van der Waals surface area contributed by atoms with E-state index in [1.807, 2.05) is 32.0 Å². The van der Waals surface area contributed by atoms with Crippen LogP contribution in [-0.4, -0.2) is 37.8 Å². The fourth-order valence-electron chi connectivity index (χ4n) is 3.49. The quantitative estimate of drug-likeness (QED) is 0.680. The van der Waals surface area contributed by atoms with Gasteiger partial charge in [-0.15, -0.1) is 0 Å². The predicted octanol–water partition coefficient (Wildman–Crippen LogP) is 4.22. The van der Waals surface area contributed by atoms with Crippen molar-refractivity contribution in [3.8, 4) is 5.75 Å². The maximum Gasteiger partial charge on any atom is 0.243 e. The first-order valence-corrected chi connectivity index (χ1v) is 11.9. The lowest BCUT2D eigenvalue weighted by Crippen LogP contribution is -2.35. The molecule has 162 valence electrons. The van der Waals surface area contributed by atoms with E-state index < -0.39 is 10.0 Å². The number of anilines is 1. The second-order valence-electron chi connectivity index (χ2n) is 7.85. The third-order valence-corrected chi connectivity index (χ3v) is 6.90.